The van der Waals surface area contributed by atoms with Crippen LogP contribution in [-0.2, 0) is 9.53 Å². The second-order valence-electron chi connectivity index (χ2n) is 6.18. The molecule has 3 aromatic carbocycles. The highest BCUT2D eigenvalue weighted by Gasteiger charge is 2.26. The second-order valence-corrected chi connectivity index (χ2v) is 7.36. The van der Waals surface area contributed by atoms with E-state index in [-0.39, 0.29) is 28.2 Å². The van der Waals surface area contributed by atoms with E-state index < -0.39 is 12.1 Å². The Morgan fingerprint density at radius 1 is 0.968 bits per heavy atom. The topological polar surface area (TPSA) is 68.5 Å². The van der Waals surface area contributed by atoms with Crippen LogP contribution in [0.3, 0.4) is 0 Å². The van der Waals surface area contributed by atoms with Gasteiger partial charge >= 0.3 is 5.97 Å². The van der Waals surface area contributed by atoms with Gasteiger partial charge in [0.2, 0.25) is 11.2 Å². The number of benzene rings is 3. The number of hydrogen-bond acceptors (Lipinski definition) is 6. The first kappa shape index (κ1) is 22.6. The lowest BCUT2D eigenvalue weighted by molar-refractivity contribution is -0.144. The van der Waals surface area contributed by atoms with Crippen LogP contribution < -0.4 is 9.47 Å². The van der Waals surface area contributed by atoms with Crippen LogP contribution in [0, 0.1) is 11.3 Å². The lowest BCUT2D eigenvalue weighted by atomic mass is 10.2. The zero-order valence-corrected chi connectivity index (χ0v) is 18.3. The van der Waals surface area contributed by atoms with Gasteiger partial charge in [-0.1, -0.05) is 65.7 Å². The van der Waals surface area contributed by atoms with Gasteiger partial charge in [-0.3, -0.25) is 0 Å². The maximum absolute atomic E-state index is 12.8. The van der Waals surface area contributed by atoms with Crippen LogP contribution in [0.2, 0.25) is 10.0 Å². The summed E-state index contributed by atoms with van der Waals surface area (Å²) in [6.07, 6.45) is -1.19. The van der Waals surface area contributed by atoms with Crippen LogP contribution in [0.4, 0.5) is 0 Å². The minimum Gasteiger partial charge on any atom is -0.488 e. The highest BCUT2D eigenvalue weighted by Crippen LogP contribution is 2.27. The van der Waals surface area contributed by atoms with Crippen LogP contribution in [0.1, 0.15) is 11.1 Å². The third-order valence-electron chi connectivity index (χ3n) is 4.02. The predicted molar refractivity (Wildman–Crippen MR) is 122 cm³/mol. The third-order valence-corrected chi connectivity index (χ3v) is 4.95. The summed E-state index contributed by atoms with van der Waals surface area (Å²) in [6, 6.07) is 22.1. The molecular weight excluding hydrogens is 457 g/mol. The number of halogens is 2. The molecule has 31 heavy (non-hydrogen) atoms. The predicted octanol–water partition coefficient (Wildman–Crippen LogP) is 5.61. The van der Waals surface area contributed by atoms with E-state index in [4.69, 9.17) is 54.9 Å². The Hall–Kier alpha value is -3.11. The molecule has 0 saturated carbocycles. The summed E-state index contributed by atoms with van der Waals surface area (Å²) in [5.74, 6) is -0.184. The van der Waals surface area contributed by atoms with Gasteiger partial charge in [0.05, 0.1) is 21.7 Å². The molecule has 0 amide bonds. The number of carbonyl (C=O) groups excluding carboxylic acids is 1. The number of hydrogen-bond donors (Lipinski definition) is 0. The van der Waals surface area contributed by atoms with Gasteiger partial charge in [0.1, 0.15) is 18.1 Å². The molecule has 0 radical (unpaired) electrons. The zero-order valence-electron chi connectivity index (χ0n) is 16.0. The van der Waals surface area contributed by atoms with E-state index in [1.165, 1.54) is 12.1 Å². The van der Waals surface area contributed by atoms with Gasteiger partial charge in [-0.25, -0.2) is 4.79 Å². The molecule has 156 valence electrons. The molecule has 3 aromatic rings. The van der Waals surface area contributed by atoms with E-state index in [0.29, 0.717) is 16.1 Å². The summed E-state index contributed by atoms with van der Waals surface area (Å²) in [4.78, 5) is 12.8. The molecule has 0 N–H and O–H groups in total. The summed E-state index contributed by atoms with van der Waals surface area (Å²) in [5.41, 5.74) is 0.965. The van der Waals surface area contributed by atoms with E-state index in [0.717, 1.165) is 0 Å². The fraction of sp³-hybridized carbons (Fsp3) is 0.0870. The number of nitrogens with zero attached hydrogens (tertiary/aromatic N) is 1. The number of carbonyl (C=O) groups is 1. The molecule has 8 heteroatoms. The molecule has 0 aromatic heterocycles. The second kappa shape index (κ2) is 10.8. The normalized spacial score (nSPS) is 11.1. The lowest BCUT2D eigenvalue weighted by Crippen LogP contribution is -2.36. The minimum absolute atomic E-state index is 0.00904. The average molecular weight is 472 g/mol. The summed E-state index contributed by atoms with van der Waals surface area (Å²) < 4.78 is 16.8. The Morgan fingerprint density at radius 3 is 2.35 bits per heavy atom. The molecule has 5 nitrogen and oxygen atoms in total. The van der Waals surface area contributed by atoms with Crippen molar-refractivity contribution >= 4 is 46.4 Å². The van der Waals surface area contributed by atoms with Crippen molar-refractivity contribution in [2.75, 3.05) is 6.61 Å². The van der Waals surface area contributed by atoms with Gasteiger partial charge in [-0.05, 0) is 42.5 Å². The number of para-hydroxylation sites is 1. The van der Waals surface area contributed by atoms with Crippen molar-refractivity contribution < 1.29 is 19.0 Å². The summed E-state index contributed by atoms with van der Waals surface area (Å²) in [5, 5.41) is 9.51. The highest BCUT2D eigenvalue weighted by molar-refractivity contribution is 7.80. The van der Waals surface area contributed by atoms with Crippen molar-refractivity contribution in [1.82, 2.24) is 0 Å². The van der Waals surface area contributed by atoms with Crippen molar-refractivity contribution in [3.05, 3.63) is 94.0 Å². The van der Waals surface area contributed by atoms with Gasteiger partial charge in [-0.2, -0.15) is 5.26 Å². The van der Waals surface area contributed by atoms with Crippen molar-refractivity contribution in [2.45, 2.75) is 6.10 Å². The maximum atomic E-state index is 12.8. The van der Waals surface area contributed by atoms with E-state index in [2.05, 4.69) is 0 Å². The van der Waals surface area contributed by atoms with Crippen LogP contribution in [0.5, 0.6) is 11.5 Å². The van der Waals surface area contributed by atoms with E-state index in [9.17, 15) is 4.79 Å². The summed E-state index contributed by atoms with van der Waals surface area (Å²) in [7, 11) is 0. The molecular formula is C23H15Cl2NO4S. The Labute approximate surface area is 194 Å². The van der Waals surface area contributed by atoms with Crippen molar-refractivity contribution in [1.29, 1.82) is 5.26 Å². The van der Waals surface area contributed by atoms with Gasteiger partial charge in [-0.15, -0.1) is 0 Å². The highest BCUT2D eigenvalue weighted by atomic mass is 35.5. The number of thiocarbonyl (C=S) groups is 1. The summed E-state index contributed by atoms with van der Waals surface area (Å²) in [6.45, 7) is -0.229. The van der Waals surface area contributed by atoms with Gasteiger partial charge < -0.3 is 14.2 Å². The van der Waals surface area contributed by atoms with Crippen LogP contribution in [0.15, 0.2) is 72.8 Å². The van der Waals surface area contributed by atoms with E-state index in [1.54, 1.807) is 54.6 Å². The molecule has 0 spiro atoms. The Balaban J connectivity index is 1.77. The molecule has 0 aliphatic heterocycles. The summed E-state index contributed by atoms with van der Waals surface area (Å²) >= 11 is 17.5. The molecule has 0 fully saturated rings. The van der Waals surface area contributed by atoms with E-state index in [1.807, 2.05) is 12.1 Å². The first-order chi connectivity index (χ1) is 15.0. The molecule has 3 rings (SSSR count). The number of nitriles is 1. The standard InChI is InChI=1S/C23H15Cl2NO4S/c24-17-8-4-5-9-20(17)29-21(14-28-19-11-10-15(13-26)12-18(19)25)22(27)30-23(31)16-6-2-1-3-7-16/h1-12,21H,14H2. The zero-order chi connectivity index (χ0) is 22.2. The van der Waals surface area contributed by atoms with E-state index >= 15 is 0 Å². The fourth-order valence-electron chi connectivity index (χ4n) is 2.49. The molecule has 1 unspecified atom stereocenters. The van der Waals surface area contributed by atoms with Crippen molar-refractivity contribution in [3.8, 4) is 17.6 Å². The molecule has 0 bridgehead atoms. The van der Waals surface area contributed by atoms with Crippen LogP contribution >= 0.6 is 35.4 Å². The third kappa shape index (κ3) is 6.19. The number of ether oxygens (including phenoxy) is 3. The smallest absolute Gasteiger partial charge is 0.357 e. The van der Waals surface area contributed by atoms with Crippen molar-refractivity contribution in [2.24, 2.45) is 0 Å². The van der Waals surface area contributed by atoms with Gasteiger partial charge in [0, 0.05) is 5.56 Å². The van der Waals surface area contributed by atoms with Gasteiger partial charge in [0.15, 0.2) is 0 Å². The fourth-order valence-corrected chi connectivity index (χ4v) is 3.12. The average Bonchev–Trinajstić information content (AvgIpc) is 2.78. The Bertz CT molecular complexity index is 1130. The lowest BCUT2D eigenvalue weighted by Gasteiger charge is -2.19. The molecule has 0 heterocycles. The Kier molecular flexibility index (Phi) is 7.85. The first-order valence-corrected chi connectivity index (χ1v) is 10.2. The first-order valence-electron chi connectivity index (χ1n) is 9.02. The molecule has 0 saturated heterocycles. The number of esters is 1. The molecule has 1 atom stereocenters. The van der Waals surface area contributed by atoms with Crippen molar-refractivity contribution in [3.63, 3.8) is 0 Å². The van der Waals surface area contributed by atoms with Gasteiger partial charge in [0.25, 0.3) is 0 Å². The maximum Gasteiger partial charge on any atom is 0.357 e. The largest absolute Gasteiger partial charge is 0.488 e. The molecule has 0 aliphatic rings. The SMILES string of the molecule is N#Cc1ccc(OCC(Oc2ccccc2Cl)C(=O)OC(=S)c2ccccc2)c(Cl)c1. The van der Waals surface area contributed by atoms with Crippen LogP contribution in [0.25, 0.3) is 0 Å². The number of rotatable bonds is 7. The minimum atomic E-state index is -1.19. The Morgan fingerprint density at radius 2 is 1.68 bits per heavy atom. The molecule has 0 aliphatic carbocycles. The quantitative estimate of drug-likeness (QED) is 0.329. The van der Waals surface area contributed by atoms with Crippen LogP contribution in [-0.4, -0.2) is 23.7 Å². The monoisotopic (exact) mass is 471 g/mol.